The molecule has 1 aliphatic rings. The van der Waals surface area contributed by atoms with E-state index in [0.29, 0.717) is 18.7 Å². The van der Waals surface area contributed by atoms with E-state index in [1.807, 2.05) is 13.8 Å². The Morgan fingerprint density at radius 1 is 1.29 bits per heavy atom. The van der Waals surface area contributed by atoms with Crippen LogP contribution in [0.2, 0.25) is 0 Å². The molecule has 0 aromatic heterocycles. The fourth-order valence-electron chi connectivity index (χ4n) is 2.47. The van der Waals surface area contributed by atoms with Crippen LogP contribution in [0.3, 0.4) is 0 Å². The molecule has 1 aromatic carbocycles. The first-order valence-electron chi connectivity index (χ1n) is 6.71. The highest BCUT2D eigenvalue weighted by molar-refractivity contribution is 8.00. The summed E-state index contributed by atoms with van der Waals surface area (Å²) >= 11 is 1.77. The van der Waals surface area contributed by atoms with Crippen LogP contribution in [0.25, 0.3) is 0 Å². The fraction of sp³-hybridized carbons (Fsp3) is 0.500. The van der Waals surface area contributed by atoms with Crippen LogP contribution in [0, 0.1) is 6.92 Å². The second-order valence-corrected chi connectivity index (χ2v) is 9.18. The highest BCUT2D eigenvalue weighted by Gasteiger charge is 2.32. The molecule has 1 fully saturated rings. The molecule has 0 spiro atoms. The van der Waals surface area contributed by atoms with Crippen LogP contribution in [0.5, 0.6) is 0 Å². The van der Waals surface area contributed by atoms with Crippen molar-refractivity contribution in [3.63, 3.8) is 0 Å². The van der Waals surface area contributed by atoms with Gasteiger partial charge in [0.15, 0.2) is 0 Å². The first-order chi connectivity index (χ1) is 9.71. The van der Waals surface area contributed by atoms with Crippen LogP contribution in [0.4, 0.5) is 0 Å². The molecule has 1 saturated heterocycles. The minimum absolute atomic E-state index is 0.0311. The Hall–Kier alpha value is -1.05. The van der Waals surface area contributed by atoms with Gasteiger partial charge in [-0.15, -0.1) is 0 Å². The number of carbonyl (C=O) groups is 1. The monoisotopic (exact) mass is 329 g/mol. The predicted molar refractivity (Wildman–Crippen MR) is 83.4 cm³/mol. The maximum atomic E-state index is 12.7. The quantitative estimate of drug-likeness (QED) is 0.920. The van der Waals surface area contributed by atoms with Crippen LogP contribution in [-0.4, -0.2) is 47.4 Å². The van der Waals surface area contributed by atoms with Gasteiger partial charge in [-0.2, -0.15) is 16.1 Å². The lowest BCUT2D eigenvalue weighted by atomic mass is 10.1. The largest absolute Gasteiger partial charge is 0.478 e. The van der Waals surface area contributed by atoms with Gasteiger partial charge in [-0.1, -0.05) is 19.9 Å². The summed E-state index contributed by atoms with van der Waals surface area (Å²) in [5, 5.41) is 9.60. The van der Waals surface area contributed by atoms with Crippen molar-refractivity contribution in [3.05, 3.63) is 29.3 Å². The minimum atomic E-state index is -3.64. The molecular formula is C14H19NO4S2. The average Bonchev–Trinajstić information content (AvgIpc) is 2.37. The molecule has 0 saturated carbocycles. The first kappa shape index (κ1) is 16.3. The van der Waals surface area contributed by atoms with Crippen molar-refractivity contribution in [1.29, 1.82) is 0 Å². The number of benzene rings is 1. The Kier molecular flexibility index (Phi) is 4.65. The molecule has 2 atom stereocenters. The third-order valence-corrected chi connectivity index (χ3v) is 6.52. The van der Waals surface area contributed by atoms with E-state index in [0.717, 1.165) is 0 Å². The number of sulfonamides is 1. The Bertz CT molecular complexity index is 647. The van der Waals surface area contributed by atoms with Crippen LogP contribution in [0.1, 0.15) is 29.8 Å². The van der Waals surface area contributed by atoms with Crippen molar-refractivity contribution in [1.82, 2.24) is 4.31 Å². The Labute approximate surface area is 129 Å². The van der Waals surface area contributed by atoms with E-state index in [2.05, 4.69) is 0 Å². The maximum absolute atomic E-state index is 12.7. The third kappa shape index (κ3) is 3.41. The van der Waals surface area contributed by atoms with Crippen LogP contribution in [-0.2, 0) is 10.0 Å². The zero-order valence-corrected chi connectivity index (χ0v) is 13.9. The molecule has 1 N–H and O–H groups in total. The first-order valence-corrected chi connectivity index (χ1v) is 9.09. The highest BCUT2D eigenvalue weighted by Crippen LogP contribution is 2.29. The summed E-state index contributed by atoms with van der Waals surface area (Å²) in [7, 11) is -3.64. The molecule has 7 heteroatoms. The fourth-order valence-corrected chi connectivity index (χ4v) is 5.63. The molecule has 0 amide bonds. The van der Waals surface area contributed by atoms with Gasteiger partial charge in [0, 0.05) is 23.6 Å². The molecule has 5 nitrogen and oxygen atoms in total. The summed E-state index contributed by atoms with van der Waals surface area (Å²) in [4.78, 5) is 11.2. The van der Waals surface area contributed by atoms with Gasteiger partial charge in [-0.3, -0.25) is 0 Å². The Morgan fingerprint density at radius 3 is 2.38 bits per heavy atom. The van der Waals surface area contributed by atoms with Crippen molar-refractivity contribution in [2.24, 2.45) is 0 Å². The van der Waals surface area contributed by atoms with Gasteiger partial charge in [0.05, 0.1) is 10.5 Å². The minimum Gasteiger partial charge on any atom is -0.478 e. The number of hydrogen-bond donors (Lipinski definition) is 1. The van der Waals surface area contributed by atoms with E-state index in [4.69, 9.17) is 5.11 Å². The lowest BCUT2D eigenvalue weighted by molar-refractivity contribution is 0.0696. The van der Waals surface area contributed by atoms with Crippen molar-refractivity contribution in [2.45, 2.75) is 36.2 Å². The van der Waals surface area contributed by atoms with Gasteiger partial charge in [0.25, 0.3) is 0 Å². The molecule has 1 heterocycles. The molecule has 2 rings (SSSR count). The van der Waals surface area contributed by atoms with Gasteiger partial charge in [-0.25, -0.2) is 13.2 Å². The normalized spacial score (nSPS) is 24.0. The van der Waals surface area contributed by atoms with Crippen LogP contribution >= 0.6 is 11.8 Å². The second-order valence-electron chi connectivity index (χ2n) is 5.36. The number of aromatic carboxylic acids is 1. The zero-order chi connectivity index (χ0) is 15.8. The number of thioether (sulfide) groups is 1. The van der Waals surface area contributed by atoms with Gasteiger partial charge in [0.1, 0.15) is 0 Å². The van der Waals surface area contributed by atoms with E-state index in [1.165, 1.54) is 16.4 Å². The number of rotatable bonds is 3. The predicted octanol–water partition coefficient (Wildman–Crippen LogP) is 2.21. The molecular weight excluding hydrogens is 310 g/mol. The van der Waals surface area contributed by atoms with Gasteiger partial charge >= 0.3 is 5.97 Å². The average molecular weight is 329 g/mol. The molecule has 1 aromatic rings. The molecule has 0 aliphatic carbocycles. The molecule has 0 bridgehead atoms. The smallest absolute Gasteiger partial charge is 0.335 e. The lowest BCUT2D eigenvalue weighted by Gasteiger charge is -2.33. The third-order valence-electron chi connectivity index (χ3n) is 3.46. The second kappa shape index (κ2) is 5.98. The number of carboxylic acid groups (broad SMARTS) is 1. The molecule has 21 heavy (non-hydrogen) atoms. The summed E-state index contributed by atoms with van der Waals surface area (Å²) < 4.78 is 26.8. The number of nitrogens with zero attached hydrogens (tertiary/aromatic N) is 1. The topological polar surface area (TPSA) is 74.7 Å². The van der Waals surface area contributed by atoms with Crippen molar-refractivity contribution in [2.75, 3.05) is 13.1 Å². The maximum Gasteiger partial charge on any atom is 0.335 e. The highest BCUT2D eigenvalue weighted by atomic mass is 32.2. The van der Waals surface area contributed by atoms with Crippen LogP contribution in [0.15, 0.2) is 23.1 Å². The Balaban J connectivity index is 2.40. The standard InChI is InChI=1S/C14H19NO4S2/c1-9-4-5-12(6-13(9)14(16)17)21(18,19)15-7-10(2)20-11(3)8-15/h4-6,10-11H,7-8H2,1-3H3,(H,16,17). The van der Waals surface area contributed by atoms with Crippen LogP contribution < -0.4 is 0 Å². The zero-order valence-electron chi connectivity index (χ0n) is 12.2. The molecule has 0 radical (unpaired) electrons. The molecule has 2 unspecified atom stereocenters. The summed E-state index contributed by atoms with van der Waals surface area (Å²) in [6.07, 6.45) is 0. The van der Waals surface area contributed by atoms with Crippen molar-refractivity contribution >= 4 is 27.8 Å². The van der Waals surface area contributed by atoms with Gasteiger partial charge in [-0.05, 0) is 24.6 Å². The summed E-state index contributed by atoms with van der Waals surface area (Å²) in [5.41, 5.74) is 0.584. The SMILES string of the molecule is Cc1ccc(S(=O)(=O)N2CC(C)SC(C)C2)cc1C(=O)O. The van der Waals surface area contributed by atoms with Gasteiger partial charge < -0.3 is 5.11 Å². The Morgan fingerprint density at radius 2 is 1.86 bits per heavy atom. The summed E-state index contributed by atoms with van der Waals surface area (Å²) in [6.45, 7) is 6.56. The van der Waals surface area contributed by atoms with Crippen molar-refractivity contribution < 1.29 is 18.3 Å². The number of hydrogen-bond acceptors (Lipinski definition) is 4. The molecule has 116 valence electrons. The number of carboxylic acids is 1. The van der Waals surface area contributed by atoms with Gasteiger partial charge in [0.2, 0.25) is 10.0 Å². The van der Waals surface area contributed by atoms with E-state index in [-0.39, 0.29) is 21.0 Å². The summed E-state index contributed by atoms with van der Waals surface area (Å²) in [6, 6.07) is 4.28. The van der Waals surface area contributed by atoms with E-state index >= 15 is 0 Å². The summed E-state index contributed by atoms with van der Waals surface area (Å²) in [5.74, 6) is -1.11. The van der Waals surface area contributed by atoms with E-state index in [9.17, 15) is 13.2 Å². The lowest BCUT2D eigenvalue weighted by Crippen LogP contribution is -2.43. The number of aryl methyl sites for hydroxylation is 1. The van der Waals surface area contributed by atoms with E-state index in [1.54, 1.807) is 24.8 Å². The van der Waals surface area contributed by atoms with E-state index < -0.39 is 16.0 Å². The molecule has 1 aliphatic heterocycles. The van der Waals surface area contributed by atoms with Crippen molar-refractivity contribution in [3.8, 4) is 0 Å².